The number of hydrogen-bond acceptors (Lipinski definition) is 4. The van der Waals surface area contributed by atoms with Gasteiger partial charge in [0.05, 0.1) is 6.61 Å². The molecule has 0 aliphatic heterocycles. The highest BCUT2D eigenvalue weighted by Crippen LogP contribution is 2.09. The molecule has 0 spiro atoms. The molecule has 6 heteroatoms. The van der Waals surface area contributed by atoms with Crippen LogP contribution >= 0.6 is 0 Å². The number of nitrogens with zero attached hydrogens (tertiary/aromatic N) is 1. The van der Waals surface area contributed by atoms with E-state index in [1.807, 2.05) is 31.2 Å². The highest BCUT2D eigenvalue weighted by Gasteiger charge is 2.20. The Bertz CT molecular complexity index is 670. The lowest BCUT2D eigenvalue weighted by atomic mass is 10.1. The monoisotopic (exact) mass is 374 g/mol. The molecule has 0 saturated heterocycles. The number of unbranched alkanes of at least 4 members (excludes halogenated alkanes) is 1. The molecule has 0 aromatic heterocycles. The summed E-state index contributed by atoms with van der Waals surface area (Å²) in [5, 5.41) is 2.72. The summed E-state index contributed by atoms with van der Waals surface area (Å²) in [5.41, 5.74) is 1.41. The highest BCUT2D eigenvalue weighted by molar-refractivity contribution is 5.97. The van der Waals surface area contributed by atoms with Crippen molar-refractivity contribution in [2.24, 2.45) is 0 Å². The third-order valence-electron chi connectivity index (χ3n) is 4.15. The predicted octanol–water partition coefficient (Wildman–Crippen LogP) is 3.03. The number of carbonyl (C=O) groups is 3. The minimum absolute atomic E-state index is 0.0610. The Morgan fingerprint density at radius 2 is 2.00 bits per heavy atom. The van der Waals surface area contributed by atoms with Crippen molar-refractivity contribution in [2.45, 2.75) is 46.1 Å². The molecule has 1 N–H and O–H groups in total. The number of esters is 1. The van der Waals surface area contributed by atoms with Crippen molar-refractivity contribution >= 4 is 23.9 Å². The van der Waals surface area contributed by atoms with Gasteiger partial charge < -0.3 is 15.0 Å². The minimum atomic E-state index is -0.644. The number of amides is 2. The molecule has 2 amide bonds. The van der Waals surface area contributed by atoms with Crippen LogP contribution in [0.25, 0.3) is 6.08 Å². The van der Waals surface area contributed by atoms with Crippen molar-refractivity contribution < 1.29 is 19.1 Å². The molecule has 0 radical (unpaired) electrons. The third kappa shape index (κ3) is 8.07. The van der Waals surface area contributed by atoms with Crippen molar-refractivity contribution in [3.8, 4) is 0 Å². The summed E-state index contributed by atoms with van der Waals surface area (Å²) in [7, 11) is 1.79. The van der Waals surface area contributed by atoms with E-state index in [1.54, 1.807) is 37.9 Å². The normalized spacial score (nSPS) is 11.9. The van der Waals surface area contributed by atoms with E-state index in [-0.39, 0.29) is 18.4 Å². The summed E-state index contributed by atoms with van der Waals surface area (Å²) < 4.78 is 4.97. The van der Waals surface area contributed by atoms with Gasteiger partial charge in [0.1, 0.15) is 6.04 Å². The van der Waals surface area contributed by atoms with Crippen molar-refractivity contribution in [3.05, 3.63) is 41.5 Å². The second kappa shape index (κ2) is 11.9. The van der Waals surface area contributed by atoms with Crippen LogP contribution in [0, 0.1) is 0 Å². The molecule has 0 heterocycles. The van der Waals surface area contributed by atoms with Crippen molar-refractivity contribution in [1.82, 2.24) is 10.2 Å². The van der Waals surface area contributed by atoms with Crippen LogP contribution in [-0.4, -0.2) is 48.9 Å². The van der Waals surface area contributed by atoms with Crippen molar-refractivity contribution in [1.29, 1.82) is 0 Å². The maximum atomic E-state index is 12.4. The van der Waals surface area contributed by atoms with Gasteiger partial charge in [0.2, 0.25) is 5.91 Å². The molecule has 0 aliphatic carbocycles. The van der Waals surface area contributed by atoms with Gasteiger partial charge in [-0.2, -0.15) is 0 Å². The van der Waals surface area contributed by atoms with Crippen LogP contribution in [0.1, 0.15) is 56.0 Å². The molecular weight excluding hydrogens is 344 g/mol. The number of benzene rings is 1. The van der Waals surface area contributed by atoms with Gasteiger partial charge >= 0.3 is 5.97 Å². The quantitative estimate of drug-likeness (QED) is 0.504. The fraction of sp³-hybridized carbons (Fsp3) is 0.476. The molecule has 0 bridgehead atoms. The molecule has 0 unspecified atom stereocenters. The van der Waals surface area contributed by atoms with E-state index in [0.717, 1.165) is 18.4 Å². The average Bonchev–Trinajstić information content (AvgIpc) is 2.65. The Hall–Kier alpha value is -2.63. The van der Waals surface area contributed by atoms with Crippen LogP contribution in [0.4, 0.5) is 0 Å². The first-order valence-corrected chi connectivity index (χ1v) is 9.34. The molecular formula is C21H30N2O4. The van der Waals surface area contributed by atoms with E-state index >= 15 is 0 Å². The topological polar surface area (TPSA) is 75.7 Å². The Morgan fingerprint density at radius 3 is 2.63 bits per heavy atom. The van der Waals surface area contributed by atoms with E-state index in [1.165, 1.54) is 0 Å². The van der Waals surface area contributed by atoms with Gasteiger partial charge in [-0.3, -0.25) is 9.59 Å². The van der Waals surface area contributed by atoms with Gasteiger partial charge in [0.25, 0.3) is 5.91 Å². The lowest BCUT2D eigenvalue weighted by Crippen LogP contribution is -2.41. The van der Waals surface area contributed by atoms with Crippen LogP contribution in [0.5, 0.6) is 0 Å². The summed E-state index contributed by atoms with van der Waals surface area (Å²) in [6, 6.07) is 6.58. The van der Waals surface area contributed by atoms with Crippen LogP contribution in [0.3, 0.4) is 0 Å². The van der Waals surface area contributed by atoms with E-state index in [2.05, 4.69) is 5.32 Å². The standard InChI is InChI=1S/C21H30N2O4/c1-5-19(21(26)27-6-2)22-20(25)18-13-10-12-17(15-18)11-8-7-9-14-23(4)16(3)24/h8,10-13,15,19H,5-7,9,14H2,1-4H3,(H,22,25)/b11-8-/t19-/m1/s1. The lowest BCUT2D eigenvalue weighted by Gasteiger charge is -2.15. The molecule has 6 nitrogen and oxygen atoms in total. The summed E-state index contributed by atoms with van der Waals surface area (Å²) >= 11 is 0. The van der Waals surface area contributed by atoms with Crippen LogP contribution in [-0.2, 0) is 14.3 Å². The Labute approximate surface area is 161 Å². The average molecular weight is 374 g/mol. The minimum Gasteiger partial charge on any atom is -0.464 e. The number of carbonyl (C=O) groups excluding carboxylic acids is 3. The summed E-state index contributed by atoms with van der Waals surface area (Å²) in [6.45, 7) is 6.12. The number of allylic oxidation sites excluding steroid dienone is 1. The third-order valence-corrected chi connectivity index (χ3v) is 4.15. The number of hydrogen-bond donors (Lipinski definition) is 1. The molecule has 0 fully saturated rings. The molecule has 0 aliphatic rings. The van der Waals surface area contributed by atoms with Crippen molar-refractivity contribution in [2.75, 3.05) is 20.2 Å². The van der Waals surface area contributed by atoms with E-state index < -0.39 is 12.0 Å². The van der Waals surface area contributed by atoms with E-state index in [4.69, 9.17) is 4.74 Å². The molecule has 27 heavy (non-hydrogen) atoms. The van der Waals surface area contributed by atoms with Crippen molar-refractivity contribution in [3.63, 3.8) is 0 Å². The SMILES string of the molecule is CCOC(=O)[C@@H](CC)NC(=O)c1cccc(/C=C\CCCN(C)C(C)=O)c1. The Morgan fingerprint density at radius 1 is 1.26 bits per heavy atom. The molecule has 148 valence electrons. The van der Waals surface area contributed by atoms with Crippen LogP contribution < -0.4 is 5.32 Å². The molecule has 1 aromatic carbocycles. The lowest BCUT2D eigenvalue weighted by molar-refractivity contribution is -0.145. The second-order valence-corrected chi connectivity index (χ2v) is 6.30. The van der Waals surface area contributed by atoms with E-state index in [0.29, 0.717) is 18.5 Å². The molecule has 1 rings (SSSR count). The van der Waals surface area contributed by atoms with Gasteiger partial charge in [-0.05, 0) is 43.9 Å². The smallest absolute Gasteiger partial charge is 0.328 e. The molecule has 1 atom stereocenters. The molecule has 0 saturated carbocycles. The Kier molecular flexibility index (Phi) is 9.86. The first kappa shape index (κ1) is 22.4. The highest BCUT2D eigenvalue weighted by atomic mass is 16.5. The number of nitrogens with one attached hydrogen (secondary N) is 1. The van der Waals surface area contributed by atoms with Gasteiger partial charge in [-0.15, -0.1) is 0 Å². The maximum absolute atomic E-state index is 12.4. The second-order valence-electron chi connectivity index (χ2n) is 6.30. The Balaban J connectivity index is 2.61. The maximum Gasteiger partial charge on any atom is 0.328 e. The van der Waals surface area contributed by atoms with E-state index in [9.17, 15) is 14.4 Å². The zero-order chi connectivity index (χ0) is 20.2. The fourth-order valence-corrected chi connectivity index (χ4v) is 2.42. The fourth-order valence-electron chi connectivity index (χ4n) is 2.42. The first-order chi connectivity index (χ1) is 12.9. The summed E-state index contributed by atoms with van der Waals surface area (Å²) in [6.07, 6.45) is 6.17. The largest absolute Gasteiger partial charge is 0.464 e. The van der Waals surface area contributed by atoms with Crippen LogP contribution in [0.2, 0.25) is 0 Å². The summed E-state index contributed by atoms with van der Waals surface area (Å²) in [5.74, 6) is -0.654. The zero-order valence-corrected chi connectivity index (χ0v) is 16.7. The number of ether oxygens (including phenoxy) is 1. The molecule has 1 aromatic rings. The van der Waals surface area contributed by atoms with Crippen LogP contribution in [0.15, 0.2) is 30.3 Å². The number of rotatable bonds is 10. The predicted molar refractivity (Wildman–Crippen MR) is 106 cm³/mol. The van der Waals surface area contributed by atoms with Gasteiger partial charge in [-0.1, -0.05) is 31.2 Å². The van der Waals surface area contributed by atoms with Gasteiger partial charge in [0.15, 0.2) is 0 Å². The van der Waals surface area contributed by atoms with Gasteiger partial charge in [0, 0.05) is 26.1 Å². The first-order valence-electron chi connectivity index (χ1n) is 9.34. The zero-order valence-electron chi connectivity index (χ0n) is 16.7. The van der Waals surface area contributed by atoms with Gasteiger partial charge in [-0.25, -0.2) is 4.79 Å². The summed E-state index contributed by atoms with van der Waals surface area (Å²) in [4.78, 5) is 37.1.